The van der Waals surface area contributed by atoms with Gasteiger partial charge in [0.2, 0.25) is 0 Å². The number of hydrogen-bond donors (Lipinski definition) is 0. The first-order valence-electron chi connectivity index (χ1n) is 9.91. The molecule has 0 aliphatic carbocycles. The Morgan fingerprint density at radius 2 is 1.85 bits per heavy atom. The highest BCUT2D eigenvalue weighted by Crippen LogP contribution is 2.30. The van der Waals surface area contributed by atoms with Crippen molar-refractivity contribution in [1.82, 2.24) is 9.55 Å². The van der Waals surface area contributed by atoms with Crippen LogP contribution in [0.15, 0.2) is 29.2 Å². The van der Waals surface area contributed by atoms with Crippen LogP contribution in [0.3, 0.4) is 0 Å². The van der Waals surface area contributed by atoms with Crippen LogP contribution >= 0.6 is 0 Å². The van der Waals surface area contributed by atoms with Crippen molar-refractivity contribution < 1.29 is 4.74 Å². The van der Waals surface area contributed by atoms with Gasteiger partial charge in [0.15, 0.2) is 0 Å². The van der Waals surface area contributed by atoms with Gasteiger partial charge >= 0.3 is 0 Å². The van der Waals surface area contributed by atoms with Crippen LogP contribution in [0.1, 0.15) is 51.8 Å². The number of aryl methyl sites for hydroxylation is 3. The summed E-state index contributed by atoms with van der Waals surface area (Å²) in [6, 6.07) is 6.04. The maximum atomic E-state index is 12.8. The zero-order valence-electron chi connectivity index (χ0n) is 17.7. The molecule has 4 heteroatoms. The van der Waals surface area contributed by atoms with Crippen LogP contribution in [-0.4, -0.2) is 16.2 Å². The molecule has 0 saturated carbocycles. The van der Waals surface area contributed by atoms with Gasteiger partial charge in [-0.2, -0.15) is 0 Å². The lowest BCUT2D eigenvalue weighted by Crippen LogP contribution is -2.18. The Kier molecular flexibility index (Phi) is 7.00. The molecule has 0 spiro atoms. The molecule has 0 amide bonds. The Bertz CT molecular complexity index is 987. The van der Waals surface area contributed by atoms with Gasteiger partial charge < -0.3 is 9.30 Å². The molecule has 1 aromatic carbocycles. The molecule has 0 unspecified atom stereocenters. The van der Waals surface area contributed by atoms with Gasteiger partial charge in [-0.05, 0) is 55.7 Å². The number of aromatic nitrogens is 2. The van der Waals surface area contributed by atoms with Gasteiger partial charge in [0, 0.05) is 24.7 Å². The number of benzene rings is 1. The Labute approximate surface area is 162 Å². The van der Waals surface area contributed by atoms with Gasteiger partial charge in [-0.25, -0.2) is 0 Å². The van der Waals surface area contributed by atoms with Gasteiger partial charge in [0.05, 0.1) is 23.2 Å². The summed E-state index contributed by atoms with van der Waals surface area (Å²) in [5, 5.41) is 2.72. The third-order valence-electron chi connectivity index (χ3n) is 4.79. The average Bonchev–Trinajstić information content (AvgIpc) is 2.65. The molecule has 0 atom stereocenters. The van der Waals surface area contributed by atoms with Gasteiger partial charge in [0.1, 0.15) is 5.75 Å². The smallest absolute Gasteiger partial charge is 0.260 e. The van der Waals surface area contributed by atoms with Crippen molar-refractivity contribution in [2.24, 2.45) is 13.0 Å². The fourth-order valence-corrected chi connectivity index (χ4v) is 3.34. The molecule has 4 nitrogen and oxygen atoms in total. The van der Waals surface area contributed by atoms with Crippen molar-refractivity contribution in [2.75, 3.05) is 6.61 Å². The largest absolute Gasteiger partial charge is 0.493 e. The Morgan fingerprint density at radius 1 is 1.15 bits per heavy atom. The molecule has 0 saturated heterocycles. The Balaban J connectivity index is 0.00000126. The first kappa shape index (κ1) is 20.9. The minimum absolute atomic E-state index is 0.0114. The summed E-state index contributed by atoms with van der Waals surface area (Å²) in [5.74, 6) is 1.54. The average molecular weight is 369 g/mol. The highest BCUT2D eigenvalue weighted by atomic mass is 16.5. The second-order valence-corrected chi connectivity index (χ2v) is 7.20. The molecule has 0 N–H and O–H groups in total. The van der Waals surface area contributed by atoms with Crippen LogP contribution in [0.5, 0.6) is 5.75 Å². The summed E-state index contributed by atoms with van der Waals surface area (Å²) in [7, 11) is 1.81. The SMILES string of the molecule is CC.Cc1cc2c3ccnc(C)c3c(=O)n(C)c2cc1OCCCC(C)C. The highest BCUT2D eigenvalue weighted by Gasteiger charge is 2.13. The van der Waals surface area contributed by atoms with Gasteiger partial charge in [-0.1, -0.05) is 27.7 Å². The van der Waals surface area contributed by atoms with Crippen molar-refractivity contribution in [3.8, 4) is 5.75 Å². The predicted octanol–water partition coefficient (Wildman–Crippen LogP) is 5.54. The summed E-state index contributed by atoms with van der Waals surface area (Å²) < 4.78 is 7.70. The monoisotopic (exact) mass is 368 g/mol. The van der Waals surface area contributed by atoms with Crippen LogP contribution < -0.4 is 10.3 Å². The van der Waals surface area contributed by atoms with E-state index >= 15 is 0 Å². The molecule has 0 radical (unpaired) electrons. The summed E-state index contributed by atoms with van der Waals surface area (Å²) in [6.45, 7) is 13.1. The predicted molar refractivity (Wildman–Crippen MR) is 115 cm³/mol. The minimum Gasteiger partial charge on any atom is -0.493 e. The molecule has 2 heterocycles. The molecule has 2 aromatic heterocycles. The molecule has 0 aliphatic heterocycles. The molecular formula is C23H32N2O2. The van der Waals surface area contributed by atoms with E-state index in [-0.39, 0.29) is 5.56 Å². The third kappa shape index (κ3) is 4.32. The van der Waals surface area contributed by atoms with Crippen molar-refractivity contribution in [3.63, 3.8) is 0 Å². The molecule has 3 rings (SSSR count). The fourth-order valence-electron chi connectivity index (χ4n) is 3.34. The molecular weight excluding hydrogens is 336 g/mol. The normalized spacial score (nSPS) is 11.0. The van der Waals surface area contributed by atoms with E-state index in [4.69, 9.17) is 4.74 Å². The molecule has 0 fully saturated rings. The Morgan fingerprint density at radius 3 is 2.52 bits per heavy atom. The molecule has 0 bridgehead atoms. The fraction of sp³-hybridized carbons (Fsp3) is 0.478. The van der Waals surface area contributed by atoms with Gasteiger partial charge in [0.25, 0.3) is 5.56 Å². The third-order valence-corrected chi connectivity index (χ3v) is 4.79. The van der Waals surface area contributed by atoms with Crippen LogP contribution in [0.2, 0.25) is 0 Å². The van der Waals surface area contributed by atoms with Crippen molar-refractivity contribution in [2.45, 2.75) is 54.4 Å². The van der Waals surface area contributed by atoms with Crippen LogP contribution in [0.4, 0.5) is 0 Å². The highest BCUT2D eigenvalue weighted by molar-refractivity contribution is 6.06. The van der Waals surface area contributed by atoms with Crippen LogP contribution in [-0.2, 0) is 7.05 Å². The lowest BCUT2D eigenvalue weighted by Gasteiger charge is -2.15. The van der Waals surface area contributed by atoms with E-state index in [0.717, 1.165) is 46.1 Å². The molecule has 3 aromatic rings. The maximum Gasteiger partial charge on any atom is 0.260 e. The molecule has 0 aliphatic rings. The zero-order valence-corrected chi connectivity index (χ0v) is 17.7. The van der Waals surface area contributed by atoms with E-state index < -0.39 is 0 Å². The first-order valence-corrected chi connectivity index (χ1v) is 9.91. The zero-order chi connectivity index (χ0) is 20.1. The standard InChI is InChI=1S/C21H26N2O2.C2H6/c1-13(2)7-6-10-25-19-12-18-17(11-14(19)3)16-8-9-22-15(4)20(16)21(24)23(18)5;1-2/h8-9,11-13H,6-7,10H2,1-5H3;1-2H3. The van der Waals surface area contributed by atoms with Crippen LogP contribution in [0.25, 0.3) is 21.7 Å². The van der Waals surface area contributed by atoms with E-state index in [1.807, 2.05) is 40.0 Å². The van der Waals surface area contributed by atoms with E-state index in [2.05, 4.69) is 31.8 Å². The number of hydrogen-bond acceptors (Lipinski definition) is 3. The minimum atomic E-state index is -0.0114. The maximum absolute atomic E-state index is 12.8. The second kappa shape index (κ2) is 9.03. The number of ether oxygens (including phenoxy) is 1. The number of rotatable bonds is 5. The summed E-state index contributed by atoms with van der Waals surface area (Å²) in [6.07, 6.45) is 3.96. The molecule has 146 valence electrons. The van der Waals surface area contributed by atoms with E-state index in [1.165, 1.54) is 0 Å². The van der Waals surface area contributed by atoms with Crippen LogP contribution in [0, 0.1) is 19.8 Å². The number of fused-ring (bicyclic) bond motifs is 3. The van der Waals surface area contributed by atoms with E-state index in [0.29, 0.717) is 17.9 Å². The van der Waals surface area contributed by atoms with Crippen molar-refractivity contribution in [3.05, 3.63) is 46.0 Å². The quantitative estimate of drug-likeness (QED) is 0.438. The van der Waals surface area contributed by atoms with Gasteiger partial charge in [-0.15, -0.1) is 0 Å². The topological polar surface area (TPSA) is 44.1 Å². The number of nitrogens with zero attached hydrogens (tertiary/aromatic N) is 2. The van der Waals surface area contributed by atoms with Gasteiger partial charge in [-0.3, -0.25) is 9.78 Å². The first-order chi connectivity index (χ1) is 12.9. The summed E-state index contributed by atoms with van der Waals surface area (Å²) in [5.41, 5.74) is 2.74. The number of pyridine rings is 2. The van der Waals surface area contributed by atoms with Crippen molar-refractivity contribution in [1.29, 1.82) is 0 Å². The van der Waals surface area contributed by atoms with E-state index in [9.17, 15) is 4.79 Å². The lowest BCUT2D eigenvalue weighted by atomic mass is 10.0. The second-order valence-electron chi connectivity index (χ2n) is 7.20. The summed E-state index contributed by atoms with van der Waals surface area (Å²) >= 11 is 0. The summed E-state index contributed by atoms with van der Waals surface area (Å²) in [4.78, 5) is 17.1. The lowest BCUT2D eigenvalue weighted by molar-refractivity contribution is 0.296. The van der Waals surface area contributed by atoms with Crippen molar-refractivity contribution >= 4 is 21.7 Å². The van der Waals surface area contributed by atoms with E-state index in [1.54, 1.807) is 10.8 Å². The Hall–Kier alpha value is -2.36. The molecule has 27 heavy (non-hydrogen) atoms.